The molecule has 0 spiro atoms. The molecule has 0 N–H and O–H groups in total. The molecule has 0 bridgehead atoms. The molecule has 0 atom stereocenters. The molecule has 0 unspecified atom stereocenters. The van der Waals surface area contributed by atoms with E-state index in [4.69, 9.17) is 14.4 Å². The van der Waals surface area contributed by atoms with Gasteiger partial charge in [0, 0.05) is 49.0 Å². The Labute approximate surface area is 279 Å². The van der Waals surface area contributed by atoms with E-state index >= 15 is 0 Å². The second-order valence-electron chi connectivity index (χ2n) is 12.6. The van der Waals surface area contributed by atoms with Gasteiger partial charge in [0.25, 0.3) is 0 Å². The molecule has 11 rings (SSSR count). The van der Waals surface area contributed by atoms with Gasteiger partial charge in [-0.1, -0.05) is 115 Å². The Balaban J connectivity index is 1.36. The van der Waals surface area contributed by atoms with Crippen LogP contribution < -0.4 is 0 Å². The smallest absolute Gasteiger partial charge is 0.236 e. The van der Waals surface area contributed by atoms with E-state index < -0.39 is 0 Å². The van der Waals surface area contributed by atoms with Gasteiger partial charge in [0.2, 0.25) is 5.95 Å². The quantitative estimate of drug-likeness (QED) is 0.196. The Morgan fingerprint density at radius 3 is 1.69 bits per heavy atom. The maximum absolute atomic E-state index is 6.59. The van der Waals surface area contributed by atoms with E-state index in [0.717, 1.165) is 82.6 Å². The number of furan rings is 1. The maximum Gasteiger partial charge on any atom is 0.236 e. The molecular formula is C44H26N4O. The first kappa shape index (κ1) is 26.4. The van der Waals surface area contributed by atoms with Gasteiger partial charge in [-0.05, 0) is 42.5 Å². The zero-order valence-electron chi connectivity index (χ0n) is 26.2. The lowest BCUT2D eigenvalue weighted by atomic mass is 10.0. The zero-order valence-corrected chi connectivity index (χ0v) is 26.2. The summed E-state index contributed by atoms with van der Waals surface area (Å²) < 4.78 is 11.2. The Bertz CT molecular complexity index is 3100. The number of nitrogens with zero attached hydrogens (tertiary/aromatic N) is 4. The lowest BCUT2D eigenvalue weighted by molar-refractivity contribution is 0.671. The average molecular weight is 627 g/mol. The number of aromatic nitrogens is 4. The van der Waals surface area contributed by atoms with Crippen LogP contribution in [-0.4, -0.2) is 19.1 Å². The molecule has 0 fully saturated rings. The molecule has 0 aliphatic carbocycles. The average Bonchev–Trinajstić information content (AvgIpc) is 3.83. The summed E-state index contributed by atoms with van der Waals surface area (Å²) in [6.07, 6.45) is 0. The summed E-state index contributed by atoms with van der Waals surface area (Å²) in [5.74, 6) is 0.600. The monoisotopic (exact) mass is 626 g/mol. The fraction of sp³-hybridized carbons (Fsp3) is 0. The molecule has 5 nitrogen and oxygen atoms in total. The third-order valence-electron chi connectivity index (χ3n) is 9.93. The van der Waals surface area contributed by atoms with Crippen molar-refractivity contribution in [3.05, 3.63) is 158 Å². The van der Waals surface area contributed by atoms with Crippen LogP contribution in [0.1, 0.15) is 0 Å². The van der Waals surface area contributed by atoms with Gasteiger partial charge in [0.1, 0.15) is 11.1 Å². The van der Waals surface area contributed by atoms with Crippen molar-refractivity contribution in [1.29, 1.82) is 0 Å². The van der Waals surface area contributed by atoms with Crippen LogP contribution in [-0.2, 0) is 0 Å². The normalized spacial score (nSPS) is 12.1. The predicted molar refractivity (Wildman–Crippen MR) is 201 cm³/mol. The van der Waals surface area contributed by atoms with Gasteiger partial charge in [0.05, 0.1) is 27.8 Å². The topological polar surface area (TPSA) is 48.8 Å². The summed E-state index contributed by atoms with van der Waals surface area (Å²) in [6, 6.07) is 55.3. The van der Waals surface area contributed by atoms with Crippen LogP contribution >= 0.6 is 0 Å². The van der Waals surface area contributed by atoms with Gasteiger partial charge in [-0.2, -0.15) is 0 Å². The van der Waals surface area contributed by atoms with Crippen LogP contribution in [0.5, 0.6) is 0 Å². The van der Waals surface area contributed by atoms with Gasteiger partial charge in [-0.3, -0.25) is 4.57 Å². The zero-order chi connectivity index (χ0) is 32.1. The summed E-state index contributed by atoms with van der Waals surface area (Å²) in [5.41, 5.74) is 9.78. The fourth-order valence-electron chi connectivity index (χ4n) is 7.83. The van der Waals surface area contributed by atoms with Crippen LogP contribution in [0.3, 0.4) is 0 Å². The van der Waals surface area contributed by atoms with E-state index in [2.05, 4.69) is 149 Å². The highest BCUT2D eigenvalue weighted by Gasteiger charge is 2.24. The molecule has 0 amide bonds. The fourth-order valence-corrected chi connectivity index (χ4v) is 7.83. The second-order valence-corrected chi connectivity index (χ2v) is 12.6. The lowest BCUT2D eigenvalue weighted by Gasteiger charge is -2.14. The van der Waals surface area contributed by atoms with E-state index in [0.29, 0.717) is 5.95 Å². The van der Waals surface area contributed by atoms with E-state index in [9.17, 15) is 0 Å². The highest BCUT2D eigenvalue weighted by molar-refractivity contribution is 6.24. The van der Waals surface area contributed by atoms with E-state index in [1.54, 1.807) is 0 Å². The number of benzene rings is 7. The SMILES string of the molecule is c1ccc(-c2nc(-n3c4ccccc4c4ccc5c6ccccc6n(-c6ccccc6)c5c43)nc3c2ccc2c4ccccc4oc23)cc1. The van der Waals surface area contributed by atoms with E-state index in [-0.39, 0.29) is 0 Å². The van der Waals surface area contributed by atoms with Gasteiger partial charge in [0.15, 0.2) is 5.58 Å². The van der Waals surface area contributed by atoms with Gasteiger partial charge in [-0.15, -0.1) is 0 Å². The van der Waals surface area contributed by atoms with Crippen LogP contribution in [0, 0.1) is 0 Å². The largest absolute Gasteiger partial charge is 0.454 e. The van der Waals surface area contributed by atoms with Crippen molar-refractivity contribution in [3.8, 4) is 22.9 Å². The van der Waals surface area contributed by atoms with Crippen molar-refractivity contribution >= 4 is 76.5 Å². The minimum atomic E-state index is 0.600. The van der Waals surface area contributed by atoms with E-state index in [1.165, 1.54) is 10.8 Å². The molecule has 4 heterocycles. The molecule has 4 aromatic heterocycles. The first-order chi connectivity index (χ1) is 24.3. The Morgan fingerprint density at radius 2 is 0.959 bits per heavy atom. The number of hydrogen-bond donors (Lipinski definition) is 0. The number of para-hydroxylation sites is 4. The number of fused-ring (bicyclic) bond motifs is 12. The van der Waals surface area contributed by atoms with E-state index in [1.807, 2.05) is 18.2 Å². The van der Waals surface area contributed by atoms with Crippen molar-refractivity contribution in [3.63, 3.8) is 0 Å². The van der Waals surface area contributed by atoms with Crippen molar-refractivity contribution in [2.45, 2.75) is 0 Å². The molecular weight excluding hydrogens is 601 g/mol. The summed E-state index contributed by atoms with van der Waals surface area (Å²) in [4.78, 5) is 10.9. The van der Waals surface area contributed by atoms with Crippen LogP contribution in [0.15, 0.2) is 162 Å². The standard InChI is InChI=1S/C44H26N4O/c1-3-13-27(14-4-1)39-35-26-25-34-31-19-9-12-22-38(31)49-43(34)40(35)46-44(45-39)48-37-21-11-8-18-30(37)33-24-23-32-29-17-7-10-20-36(29)47(41(32)42(33)48)28-15-5-2-6-16-28/h1-26H. The molecule has 7 aromatic carbocycles. The molecule has 0 saturated heterocycles. The molecule has 0 aliphatic heterocycles. The Kier molecular flexibility index (Phi) is 5.32. The summed E-state index contributed by atoms with van der Waals surface area (Å²) in [5, 5.41) is 7.75. The molecule has 0 saturated carbocycles. The lowest BCUT2D eigenvalue weighted by Crippen LogP contribution is -2.05. The minimum absolute atomic E-state index is 0.600. The Morgan fingerprint density at radius 1 is 0.408 bits per heavy atom. The highest BCUT2D eigenvalue weighted by Crippen LogP contribution is 2.42. The molecule has 49 heavy (non-hydrogen) atoms. The Hall–Kier alpha value is -6.72. The predicted octanol–water partition coefficient (Wildman–Crippen LogP) is 11.4. The molecule has 11 aromatic rings. The van der Waals surface area contributed by atoms with Crippen LogP contribution in [0.25, 0.3) is 99.3 Å². The third kappa shape index (κ3) is 3.64. The number of hydrogen-bond acceptors (Lipinski definition) is 3. The van der Waals surface area contributed by atoms with Crippen LogP contribution in [0.2, 0.25) is 0 Å². The van der Waals surface area contributed by atoms with Crippen molar-refractivity contribution in [2.24, 2.45) is 0 Å². The van der Waals surface area contributed by atoms with Crippen molar-refractivity contribution in [2.75, 3.05) is 0 Å². The van der Waals surface area contributed by atoms with Crippen molar-refractivity contribution < 1.29 is 4.42 Å². The second kappa shape index (κ2) is 9.89. The molecule has 0 radical (unpaired) electrons. The molecule has 0 aliphatic rings. The third-order valence-corrected chi connectivity index (χ3v) is 9.93. The van der Waals surface area contributed by atoms with Crippen molar-refractivity contribution in [1.82, 2.24) is 19.1 Å². The summed E-state index contributed by atoms with van der Waals surface area (Å²) in [6.45, 7) is 0. The molecule has 5 heteroatoms. The van der Waals surface area contributed by atoms with Gasteiger partial charge >= 0.3 is 0 Å². The molecule has 228 valence electrons. The first-order valence-electron chi connectivity index (χ1n) is 16.5. The minimum Gasteiger partial charge on any atom is -0.454 e. The summed E-state index contributed by atoms with van der Waals surface area (Å²) in [7, 11) is 0. The maximum atomic E-state index is 6.59. The highest BCUT2D eigenvalue weighted by atomic mass is 16.3. The van der Waals surface area contributed by atoms with Gasteiger partial charge < -0.3 is 8.98 Å². The number of rotatable bonds is 3. The van der Waals surface area contributed by atoms with Gasteiger partial charge in [-0.25, -0.2) is 9.97 Å². The first-order valence-corrected chi connectivity index (χ1v) is 16.5. The van der Waals surface area contributed by atoms with Crippen LogP contribution in [0.4, 0.5) is 0 Å². The summed E-state index contributed by atoms with van der Waals surface area (Å²) >= 11 is 0.